The van der Waals surface area contributed by atoms with Crippen LogP contribution in [0.5, 0.6) is 11.5 Å². The molecule has 1 N–H and O–H groups in total. The van der Waals surface area contributed by atoms with Gasteiger partial charge in [0.1, 0.15) is 0 Å². The number of ether oxygens (including phenoxy) is 2. The molecule has 7 nitrogen and oxygen atoms in total. The van der Waals surface area contributed by atoms with Crippen LogP contribution in [0, 0.1) is 5.92 Å². The maximum Gasteiger partial charge on any atom is 0.293 e. The molecule has 1 aliphatic rings. The van der Waals surface area contributed by atoms with Crippen molar-refractivity contribution in [2.45, 2.75) is 33.6 Å². The van der Waals surface area contributed by atoms with Crippen LogP contribution in [-0.2, 0) is 9.59 Å². The van der Waals surface area contributed by atoms with E-state index >= 15 is 0 Å². The monoisotopic (exact) mass is 420 g/mol. The number of carbonyl (C=O) groups excluding carboxylic acids is 3. The van der Waals surface area contributed by atoms with Crippen LogP contribution in [0.15, 0.2) is 23.1 Å². The molecule has 1 aliphatic heterocycles. The lowest BCUT2D eigenvalue weighted by Crippen LogP contribution is -2.37. The molecular weight excluding hydrogens is 392 g/mol. The van der Waals surface area contributed by atoms with Crippen LogP contribution in [-0.4, -0.2) is 48.8 Å². The zero-order chi connectivity index (χ0) is 21.4. The number of methoxy groups -OCH3 is 1. The van der Waals surface area contributed by atoms with Gasteiger partial charge in [0.15, 0.2) is 11.5 Å². The lowest BCUT2D eigenvalue weighted by atomic mass is 10.1. The molecule has 158 valence electrons. The maximum atomic E-state index is 12.6. The van der Waals surface area contributed by atoms with Gasteiger partial charge in [-0.15, -0.1) is 0 Å². The smallest absolute Gasteiger partial charge is 0.293 e. The van der Waals surface area contributed by atoms with Gasteiger partial charge in [0, 0.05) is 19.5 Å². The number of amides is 3. The molecule has 1 fully saturated rings. The summed E-state index contributed by atoms with van der Waals surface area (Å²) in [4.78, 5) is 38.1. The van der Waals surface area contributed by atoms with E-state index in [0.29, 0.717) is 35.3 Å². The lowest BCUT2D eigenvalue weighted by molar-refractivity contribution is -0.124. The molecule has 0 aliphatic carbocycles. The Morgan fingerprint density at radius 2 is 2.03 bits per heavy atom. The summed E-state index contributed by atoms with van der Waals surface area (Å²) < 4.78 is 10.8. The van der Waals surface area contributed by atoms with Crippen LogP contribution in [0.1, 0.15) is 39.2 Å². The van der Waals surface area contributed by atoms with Crippen molar-refractivity contribution in [2.75, 3.05) is 26.8 Å². The quantitative estimate of drug-likeness (QED) is 0.581. The van der Waals surface area contributed by atoms with Crippen LogP contribution >= 0.6 is 11.8 Å². The van der Waals surface area contributed by atoms with Crippen molar-refractivity contribution in [3.8, 4) is 11.5 Å². The number of rotatable bonds is 10. The number of nitrogens with zero attached hydrogens (tertiary/aromatic N) is 1. The standard InChI is InChI=1S/C21H28N2O5S/c1-5-28-16-8-7-15(12-17(16)27-4)13-18-20(25)23(21(26)29-18)11-10-22-19(24)9-6-14(2)3/h7-8,12-14H,5-6,9-11H2,1-4H3,(H,22,24)/b18-13-. The minimum atomic E-state index is -0.357. The van der Waals surface area contributed by atoms with Gasteiger partial charge in [-0.25, -0.2) is 0 Å². The van der Waals surface area contributed by atoms with E-state index < -0.39 is 0 Å². The van der Waals surface area contributed by atoms with E-state index in [1.165, 1.54) is 0 Å². The van der Waals surface area contributed by atoms with Gasteiger partial charge in [-0.05, 0) is 54.8 Å². The Bertz CT molecular complexity index is 791. The summed E-state index contributed by atoms with van der Waals surface area (Å²) >= 11 is 0.891. The lowest BCUT2D eigenvalue weighted by Gasteiger charge is -2.13. The van der Waals surface area contributed by atoms with Gasteiger partial charge in [0.2, 0.25) is 5.91 Å². The van der Waals surface area contributed by atoms with Gasteiger partial charge >= 0.3 is 0 Å². The number of benzene rings is 1. The summed E-state index contributed by atoms with van der Waals surface area (Å²) in [5.74, 6) is 1.21. The number of carbonyl (C=O) groups is 3. The minimum Gasteiger partial charge on any atom is -0.493 e. The molecule has 1 aromatic rings. The second-order valence-electron chi connectivity index (χ2n) is 6.96. The molecule has 29 heavy (non-hydrogen) atoms. The largest absolute Gasteiger partial charge is 0.493 e. The first-order valence-corrected chi connectivity index (χ1v) is 10.5. The average molecular weight is 421 g/mol. The van der Waals surface area contributed by atoms with Crippen molar-refractivity contribution in [2.24, 2.45) is 5.92 Å². The Morgan fingerprint density at radius 1 is 1.28 bits per heavy atom. The van der Waals surface area contributed by atoms with Crippen molar-refractivity contribution < 1.29 is 23.9 Å². The molecule has 0 radical (unpaired) electrons. The number of nitrogens with one attached hydrogen (secondary N) is 1. The van der Waals surface area contributed by atoms with E-state index in [2.05, 4.69) is 19.2 Å². The van der Waals surface area contributed by atoms with Gasteiger partial charge in [-0.1, -0.05) is 19.9 Å². The summed E-state index contributed by atoms with van der Waals surface area (Å²) in [5.41, 5.74) is 0.734. The Hall–Kier alpha value is -2.48. The fourth-order valence-electron chi connectivity index (χ4n) is 2.71. The highest BCUT2D eigenvalue weighted by molar-refractivity contribution is 8.18. The zero-order valence-electron chi connectivity index (χ0n) is 17.3. The van der Waals surface area contributed by atoms with Gasteiger partial charge in [-0.3, -0.25) is 19.3 Å². The van der Waals surface area contributed by atoms with E-state index in [4.69, 9.17) is 9.47 Å². The highest BCUT2D eigenvalue weighted by Gasteiger charge is 2.34. The van der Waals surface area contributed by atoms with Crippen molar-refractivity contribution in [1.82, 2.24) is 10.2 Å². The SMILES string of the molecule is CCOc1ccc(/C=C2\SC(=O)N(CCNC(=O)CCC(C)C)C2=O)cc1OC. The van der Waals surface area contributed by atoms with Crippen molar-refractivity contribution in [3.05, 3.63) is 28.7 Å². The van der Waals surface area contributed by atoms with E-state index in [1.54, 1.807) is 31.4 Å². The molecule has 0 spiro atoms. The molecule has 3 amide bonds. The number of thioether (sulfide) groups is 1. The zero-order valence-corrected chi connectivity index (χ0v) is 18.1. The van der Waals surface area contributed by atoms with E-state index in [1.807, 2.05) is 6.92 Å². The van der Waals surface area contributed by atoms with E-state index in [-0.39, 0.29) is 30.1 Å². The van der Waals surface area contributed by atoms with Crippen molar-refractivity contribution in [3.63, 3.8) is 0 Å². The Kier molecular flexibility index (Phi) is 8.57. The summed E-state index contributed by atoms with van der Waals surface area (Å²) in [6.45, 7) is 6.92. The molecule has 0 atom stereocenters. The Labute approximate surface area is 175 Å². The van der Waals surface area contributed by atoms with Crippen LogP contribution in [0.3, 0.4) is 0 Å². The van der Waals surface area contributed by atoms with E-state index in [0.717, 1.165) is 28.6 Å². The molecule has 8 heteroatoms. The van der Waals surface area contributed by atoms with Crippen LogP contribution in [0.2, 0.25) is 0 Å². The molecule has 1 heterocycles. The van der Waals surface area contributed by atoms with Gasteiger partial charge < -0.3 is 14.8 Å². The molecule has 1 aromatic carbocycles. The molecule has 0 aromatic heterocycles. The molecule has 0 bridgehead atoms. The van der Waals surface area contributed by atoms with Gasteiger partial charge in [-0.2, -0.15) is 0 Å². The topological polar surface area (TPSA) is 84.9 Å². The molecule has 0 unspecified atom stereocenters. The second kappa shape index (κ2) is 10.9. The molecular formula is C21H28N2O5S. The van der Waals surface area contributed by atoms with Crippen LogP contribution < -0.4 is 14.8 Å². The highest BCUT2D eigenvalue weighted by Crippen LogP contribution is 2.34. The Balaban J connectivity index is 1.98. The predicted octanol–water partition coefficient (Wildman–Crippen LogP) is 3.68. The molecule has 1 saturated heterocycles. The highest BCUT2D eigenvalue weighted by atomic mass is 32.2. The molecule has 2 rings (SSSR count). The third-order valence-electron chi connectivity index (χ3n) is 4.27. The number of imide groups is 1. The van der Waals surface area contributed by atoms with Gasteiger partial charge in [0.25, 0.3) is 11.1 Å². The number of hydrogen-bond donors (Lipinski definition) is 1. The maximum absolute atomic E-state index is 12.6. The van der Waals surface area contributed by atoms with Crippen molar-refractivity contribution in [1.29, 1.82) is 0 Å². The fourth-order valence-corrected chi connectivity index (χ4v) is 3.57. The minimum absolute atomic E-state index is 0.0669. The second-order valence-corrected chi connectivity index (χ2v) is 7.95. The third-order valence-corrected chi connectivity index (χ3v) is 5.17. The third kappa shape index (κ3) is 6.52. The van der Waals surface area contributed by atoms with Crippen LogP contribution in [0.4, 0.5) is 4.79 Å². The fraction of sp³-hybridized carbons (Fsp3) is 0.476. The first-order valence-electron chi connectivity index (χ1n) is 9.68. The summed E-state index contributed by atoms with van der Waals surface area (Å²) in [6.07, 6.45) is 2.91. The summed E-state index contributed by atoms with van der Waals surface area (Å²) in [6, 6.07) is 5.33. The first-order chi connectivity index (χ1) is 13.8. The van der Waals surface area contributed by atoms with E-state index in [9.17, 15) is 14.4 Å². The average Bonchev–Trinajstić information content (AvgIpc) is 2.95. The van der Waals surface area contributed by atoms with Crippen LogP contribution in [0.25, 0.3) is 6.08 Å². The Morgan fingerprint density at radius 3 is 2.69 bits per heavy atom. The normalized spacial score (nSPS) is 15.3. The summed E-state index contributed by atoms with van der Waals surface area (Å²) in [7, 11) is 1.55. The predicted molar refractivity (Wildman–Crippen MR) is 114 cm³/mol. The van der Waals surface area contributed by atoms with Gasteiger partial charge in [0.05, 0.1) is 18.6 Å². The first kappa shape index (κ1) is 22.8. The number of hydrogen-bond acceptors (Lipinski definition) is 6. The van der Waals surface area contributed by atoms with Crippen molar-refractivity contribution >= 4 is 34.9 Å². The summed E-state index contributed by atoms with van der Waals surface area (Å²) in [5, 5.41) is 2.42. The molecule has 0 saturated carbocycles.